The van der Waals surface area contributed by atoms with Crippen LogP contribution in [0.25, 0.3) is 0 Å². The number of nitrogens with one attached hydrogen (secondary N) is 1. The van der Waals surface area contributed by atoms with Crippen LogP contribution in [0.15, 0.2) is 24.3 Å². The Kier molecular flexibility index (Phi) is 37.5. The molecule has 1 aliphatic rings. The number of allylic oxidation sites excluding steroid dienone is 4. The number of unbranched alkanes of at least 4 members (excludes halogenated alkanes) is 22. The molecule has 0 spiro atoms. The zero-order valence-corrected chi connectivity index (χ0v) is 33.0. The summed E-state index contributed by atoms with van der Waals surface area (Å²) in [6, 6.07) is 0. The quantitative estimate of drug-likeness (QED) is 0.0557. The number of Topliss-reactive ketones (excluding diaryl/α,β-unsaturated/α-hetero) is 2. The van der Waals surface area contributed by atoms with Gasteiger partial charge >= 0.3 is 0 Å². The molecule has 1 heterocycles. The van der Waals surface area contributed by atoms with Crippen LogP contribution in [0.3, 0.4) is 0 Å². The summed E-state index contributed by atoms with van der Waals surface area (Å²) in [6.07, 6.45) is 44.4. The second-order valence-electron chi connectivity index (χ2n) is 14.8. The molecule has 1 atom stereocenters. The summed E-state index contributed by atoms with van der Waals surface area (Å²) in [6.45, 7) is 11.2. The maximum Gasteiger partial charge on any atom is 0.136 e. The third-order valence-electron chi connectivity index (χ3n) is 9.83. The maximum absolute atomic E-state index is 12.5. The molecule has 0 aromatic rings. The van der Waals surface area contributed by atoms with Gasteiger partial charge in [-0.15, -0.1) is 0 Å². The van der Waals surface area contributed by atoms with Crippen molar-refractivity contribution < 1.29 is 9.59 Å². The minimum atomic E-state index is -0.0950. The van der Waals surface area contributed by atoms with E-state index < -0.39 is 0 Å². The normalized spacial score (nSPS) is 14.4. The number of rotatable bonds is 33. The molecule has 0 aromatic carbocycles. The molecule has 4 heteroatoms. The molecule has 1 fully saturated rings. The molecule has 1 aliphatic heterocycles. The van der Waals surface area contributed by atoms with E-state index in [0.29, 0.717) is 25.0 Å². The summed E-state index contributed by atoms with van der Waals surface area (Å²) in [7, 11) is 2.15. The van der Waals surface area contributed by atoms with E-state index in [1.54, 1.807) is 0 Å². The lowest BCUT2D eigenvalue weighted by atomic mass is 9.94. The Hall–Kier alpha value is -1.26. The molecular weight excluding hydrogens is 588 g/mol. The Balaban J connectivity index is 0.00000277. The molecular formula is C44H84N2O2. The second-order valence-corrected chi connectivity index (χ2v) is 14.8. The Morgan fingerprint density at radius 2 is 0.896 bits per heavy atom. The predicted molar refractivity (Wildman–Crippen MR) is 213 cm³/mol. The van der Waals surface area contributed by atoms with Crippen LogP contribution in [0.4, 0.5) is 0 Å². The zero-order chi connectivity index (χ0) is 35.2. The van der Waals surface area contributed by atoms with Crippen molar-refractivity contribution in [3.63, 3.8) is 0 Å². The van der Waals surface area contributed by atoms with Gasteiger partial charge in [0.2, 0.25) is 0 Å². The molecule has 0 bridgehead atoms. The van der Waals surface area contributed by atoms with Gasteiger partial charge in [-0.1, -0.05) is 148 Å². The van der Waals surface area contributed by atoms with E-state index in [2.05, 4.69) is 55.4 Å². The van der Waals surface area contributed by atoms with Crippen molar-refractivity contribution in [2.75, 3.05) is 33.2 Å². The summed E-state index contributed by atoms with van der Waals surface area (Å²) < 4.78 is 0. The molecule has 0 amide bonds. The fourth-order valence-electron chi connectivity index (χ4n) is 6.34. The summed E-state index contributed by atoms with van der Waals surface area (Å²) in [5.41, 5.74) is 0. The van der Waals surface area contributed by atoms with Crippen LogP contribution in [0.2, 0.25) is 0 Å². The van der Waals surface area contributed by atoms with Gasteiger partial charge in [0.25, 0.3) is 0 Å². The number of hydrogen-bond donors (Lipinski definition) is 1. The minimum absolute atomic E-state index is 0.0950. The molecule has 1 rings (SSSR count). The monoisotopic (exact) mass is 673 g/mol. The molecule has 48 heavy (non-hydrogen) atoms. The van der Waals surface area contributed by atoms with Gasteiger partial charge in [0.05, 0.1) is 0 Å². The first-order chi connectivity index (χ1) is 23.5. The fourth-order valence-corrected chi connectivity index (χ4v) is 6.34. The topological polar surface area (TPSA) is 49.4 Å². The van der Waals surface area contributed by atoms with E-state index in [-0.39, 0.29) is 11.7 Å². The average Bonchev–Trinajstić information content (AvgIpc) is 3.08. The molecule has 1 N–H and O–H groups in total. The fraction of sp³-hybridized carbons (Fsp3) is 0.864. The summed E-state index contributed by atoms with van der Waals surface area (Å²) in [5, 5.41) is 3.27. The summed E-state index contributed by atoms with van der Waals surface area (Å²) in [5.74, 6) is 0.482. The van der Waals surface area contributed by atoms with E-state index in [9.17, 15) is 9.59 Å². The van der Waals surface area contributed by atoms with Gasteiger partial charge in [-0.2, -0.15) is 0 Å². The van der Waals surface area contributed by atoms with Crippen LogP contribution in [0.1, 0.15) is 207 Å². The highest BCUT2D eigenvalue weighted by Gasteiger charge is 2.16. The highest BCUT2D eigenvalue weighted by molar-refractivity contribution is 5.87. The van der Waals surface area contributed by atoms with Crippen LogP contribution in [0, 0.1) is 5.92 Å². The molecule has 1 unspecified atom stereocenters. The molecule has 282 valence electrons. The molecule has 0 radical (unpaired) electrons. The highest BCUT2D eigenvalue weighted by Crippen LogP contribution is 2.16. The van der Waals surface area contributed by atoms with Crippen LogP contribution in [-0.2, 0) is 9.59 Å². The number of piperazine rings is 1. The van der Waals surface area contributed by atoms with E-state index in [1.165, 1.54) is 154 Å². The summed E-state index contributed by atoms with van der Waals surface area (Å²) >= 11 is 0. The Bertz CT molecular complexity index is 740. The van der Waals surface area contributed by atoms with Crippen LogP contribution >= 0.6 is 0 Å². The van der Waals surface area contributed by atoms with E-state index in [1.807, 2.05) is 6.92 Å². The lowest BCUT2D eigenvalue weighted by Gasteiger charge is -2.21. The van der Waals surface area contributed by atoms with Crippen molar-refractivity contribution in [3.05, 3.63) is 24.3 Å². The SMILES string of the molecule is CCCCCCCC/C=C\CCCCCCCC(=O)CC(C)C(=O)CCCCCCC/C=C\CCCCCCCC.CN1CCNCC1. The third kappa shape index (κ3) is 36.0. The minimum Gasteiger partial charge on any atom is -0.314 e. The lowest BCUT2D eigenvalue weighted by Crippen LogP contribution is -2.40. The predicted octanol–water partition coefficient (Wildman–Crippen LogP) is 12.7. The average molecular weight is 673 g/mol. The molecule has 0 aliphatic carbocycles. The van der Waals surface area contributed by atoms with E-state index in [4.69, 9.17) is 0 Å². The van der Waals surface area contributed by atoms with Gasteiger partial charge in [-0.25, -0.2) is 0 Å². The van der Waals surface area contributed by atoms with Gasteiger partial charge < -0.3 is 10.2 Å². The van der Waals surface area contributed by atoms with Crippen LogP contribution in [-0.4, -0.2) is 49.7 Å². The van der Waals surface area contributed by atoms with Gasteiger partial charge in [-0.05, 0) is 71.3 Å². The maximum atomic E-state index is 12.5. The molecule has 0 aromatic heterocycles. The van der Waals surface area contributed by atoms with Crippen molar-refractivity contribution in [2.45, 2.75) is 207 Å². The largest absolute Gasteiger partial charge is 0.314 e. The molecule has 4 nitrogen and oxygen atoms in total. The zero-order valence-electron chi connectivity index (χ0n) is 33.0. The summed E-state index contributed by atoms with van der Waals surface area (Å²) in [4.78, 5) is 27.1. The van der Waals surface area contributed by atoms with Crippen molar-refractivity contribution in [1.82, 2.24) is 10.2 Å². The smallest absolute Gasteiger partial charge is 0.136 e. The standard InChI is InChI=1S/C39H72O2.C5H12N2/c1-4-6-8-10-12-14-16-18-20-22-24-26-28-30-32-34-38(40)36-37(3)39(41)35-33-31-29-27-25-23-21-19-17-15-13-11-9-7-5-2;1-7-4-2-6-3-5-7/h18-21,37H,4-17,22-36H2,1-3H3;6H,2-5H2,1H3/b20-18-,21-19-;. The van der Waals surface area contributed by atoms with E-state index in [0.717, 1.165) is 38.8 Å². The molecule has 0 saturated carbocycles. The first-order valence-electron chi connectivity index (χ1n) is 21.2. The Morgan fingerprint density at radius 1 is 0.542 bits per heavy atom. The van der Waals surface area contributed by atoms with Gasteiger partial charge in [0, 0.05) is 51.4 Å². The Labute approximate surface area is 301 Å². The Morgan fingerprint density at radius 3 is 1.27 bits per heavy atom. The third-order valence-corrected chi connectivity index (χ3v) is 9.83. The second kappa shape index (κ2) is 38.5. The number of nitrogens with zero attached hydrogens (tertiary/aromatic N) is 1. The number of ketones is 2. The highest BCUT2D eigenvalue weighted by atomic mass is 16.1. The van der Waals surface area contributed by atoms with Gasteiger partial charge in [-0.3, -0.25) is 9.59 Å². The van der Waals surface area contributed by atoms with Crippen molar-refractivity contribution in [3.8, 4) is 0 Å². The lowest BCUT2D eigenvalue weighted by molar-refractivity contribution is -0.127. The molecule has 1 saturated heterocycles. The number of likely N-dealkylation sites (N-methyl/N-ethyl adjacent to an activating group) is 1. The van der Waals surface area contributed by atoms with Crippen molar-refractivity contribution >= 4 is 11.6 Å². The first-order valence-corrected chi connectivity index (χ1v) is 21.2. The van der Waals surface area contributed by atoms with Crippen molar-refractivity contribution in [1.29, 1.82) is 0 Å². The number of hydrogen-bond acceptors (Lipinski definition) is 4. The number of carbonyl (C=O) groups excluding carboxylic acids is 2. The van der Waals surface area contributed by atoms with Crippen molar-refractivity contribution in [2.24, 2.45) is 5.92 Å². The first kappa shape index (κ1) is 46.7. The van der Waals surface area contributed by atoms with E-state index >= 15 is 0 Å². The van der Waals surface area contributed by atoms with Crippen LogP contribution < -0.4 is 5.32 Å². The van der Waals surface area contributed by atoms with Gasteiger partial charge in [0.15, 0.2) is 0 Å². The van der Waals surface area contributed by atoms with Gasteiger partial charge in [0.1, 0.15) is 11.6 Å². The number of carbonyl (C=O) groups is 2. The van der Waals surface area contributed by atoms with Crippen LogP contribution in [0.5, 0.6) is 0 Å².